The summed E-state index contributed by atoms with van der Waals surface area (Å²) < 4.78 is 11.5. The second kappa shape index (κ2) is 6.36. The van der Waals surface area contributed by atoms with Crippen LogP contribution in [0.3, 0.4) is 0 Å². The Morgan fingerprint density at radius 1 is 1.17 bits per heavy atom. The Kier molecular flexibility index (Phi) is 5.05. The summed E-state index contributed by atoms with van der Waals surface area (Å²) in [5.74, 6) is 0.584. The predicted octanol–water partition coefficient (Wildman–Crippen LogP) is 2.76. The fraction of sp³-hybridized carbons (Fsp3) is 1.00. The SMILES string of the molecule is CC(C)COCCOC1CC(O)C12CCCCC2. The Labute approximate surface area is 111 Å². The van der Waals surface area contributed by atoms with E-state index in [0.29, 0.717) is 19.1 Å². The Morgan fingerprint density at radius 3 is 2.50 bits per heavy atom. The third-order valence-electron chi connectivity index (χ3n) is 4.52. The first-order valence-corrected chi connectivity index (χ1v) is 7.52. The summed E-state index contributed by atoms with van der Waals surface area (Å²) in [6.07, 6.45) is 7.08. The lowest BCUT2D eigenvalue weighted by Gasteiger charge is -2.55. The van der Waals surface area contributed by atoms with Gasteiger partial charge in [-0.1, -0.05) is 33.1 Å². The van der Waals surface area contributed by atoms with Crippen LogP contribution in [0.5, 0.6) is 0 Å². The Morgan fingerprint density at radius 2 is 1.89 bits per heavy atom. The highest BCUT2D eigenvalue weighted by atomic mass is 16.5. The van der Waals surface area contributed by atoms with Crippen molar-refractivity contribution in [1.82, 2.24) is 0 Å². The molecule has 2 fully saturated rings. The van der Waals surface area contributed by atoms with Gasteiger partial charge in [0, 0.05) is 18.4 Å². The van der Waals surface area contributed by atoms with Gasteiger partial charge in [0.15, 0.2) is 0 Å². The second-order valence-corrected chi connectivity index (χ2v) is 6.37. The van der Waals surface area contributed by atoms with Crippen LogP contribution >= 0.6 is 0 Å². The molecule has 0 aliphatic heterocycles. The lowest BCUT2D eigenvalue weighted by atomic mass is 9.56. The molecule has 106 valence electrons. The molecule has 2 aliphatic rings. The molecule has 0 aromatic carbocycles. The second-order valence-electron chi connectivity index (χ2n) is 6.37. The summed E-state index contributed by atoms with van der Waals surface area (Å²) in [5.41, 5.74) is 0.0935. The van der Waals surface area contributed by atoms with E-state index < -0.39 is 0 Å². The highest BCUT2D eigenvalue weighted by molar-refractivity contribution is 5.05. The Balaban J connectivity index is 1.67. The van der Waals surface area contributed by atoms with Gasteiger partial charge in [-0.2, -0.15) is 0 Å². The van der Waals surface area contributed by atoms with Crippen molar-refractivity contribution in [3.63, 3.8) is 0 Å². The predicted molar refractivity (Wildman–Crippen MR) is 71.5 cm³/mol. The molecule has 1 N–H and O–H groups in total. The molecule has 0 bridgehead atoms. The van der Waals surface area contributed by atoms with E-state index in [-0.39, 0.29) is 17.6 Å². The van der Waals surface area contributed by atoms with Gasteiger partial charge in [0.1, 0.15) is 0 Å². The smallest absolute Gasteiger partial charge is 0.0704 e. The quantitative estimate of drug-likeness (QED) is 0.743. The largest absolute Gasteiger partial charge is 0.392 e. The number of hydrogen-bond donors (Lipinski definition) is 1. The third-order valence-corrected chi connectivity index (χ3v) is 4.52. The van der Waals surface area contributed by atoms with Crippen molar-refractivity contribution in [2.75, 3.05) is 19.8 Å². The molecule has 2 atom stereocenters. The van der Waals surface area contributed by atoms with Gasteiger partial charge in [0.2, 0.25) is 0 Å². The lowest BCUT2D eigenvalue weighted by molar-refractivity contribution is -0.209. The van der Waals surface area contributed by atoms with Crippen LogP contribution in [-0.4, -0.2) is 37.1 Å². The van der Waals surface area contributed by atoms with Crippen LogP contribution in [0.25, 0.3) is 0 Å². The Bertz CT molecular complexity index is 246. The highest BCUT2D eigenvalue weighted by Crippen LogP contribution is 2.53. The molecule has 0 aromatic rings. The van der Waals surface area contributed by atoms with Gasteiger partial charge < -0.3 is 14.6 Å². The number of ether oxygens (including phenoxy) is 2. The van der Waals surface area contributed by atoms with Gasteiger partial charge >= 0.3 is 0 Å². The lowest BCUT2D eigenvalue weighted by Crippen LogP contribution is -2.59. The summed E-state index contributed by atoms with van der Waals surface area (Å²) >= 11 is 0. The van der Waals surface area contributed by atoms with Crippen molar-refractivity contribution in [3.05, 3.63) is 0 Å². The van der Waals surface area contributed by atoms with Crippen molar-refractivity contribution < 1.29 is 14.6 Å². The van der Waals surface area contributed by atoms with Crippen LogP contribution in [0.4, 0.5) is 0 Å². The zero-order valence-electron chi connectivity index (χ0n) is 11.9. The van der Waals surface area contributed by atoms with E-state index in [1.54, 1.807) is 0 Å². The van der Waals surface area contributed by atoms with Gasteiger partial charge in [0.25, 0.3) is 0 Å². The molecule has 1 spiro atoms. The molecule has 2 rings (SSSR count). The van der Waals surface area contributed by atoms with Gasteiger partial charge in [-0.05, 0) is 18.8 Å². The average molecular weight is 256 g/mol. The van der Waals surface area contributed by atoms with Crippen LogP contribution in [0.2, 0.25) is 0 Å². The molecule has 3 heteroatoms. The molecule has 0 aromatic heterocycles. The summed E-state index contributed by atoms with van der Waals surface area (Å²) in [6, 6.07) is 0. The molecule has 2 unspecified atom stereocenters. The minimum absolute atomic E-state index is 0.0935. The van der Waals surface area contributed by atoms with E-state index in [0.717, 1.165) is 25.9 Å². The number of rotatable bonds is 6. The molecule has 0 heterocycles. The maximum Gasteiger partial charge on any atom is 0.0704 e. The average Bonchev–Trinajstić information content (AvgIpc) is 2.38. The molecule has 2 saturated carbocycles. The van der Waals surface area contributed by atoms with E-state index >= 15 is 0 Å². The molecule has 0 amide bonds. The maximum atomic E-state index is 10.1. The minimum atomic E-state index is -0.126. The van der Waals surface area contributed by atoms with Crippen LogP contribution in [0, 0.1) is 11.3 Å². The number of aliphatic hydroxyl groups is 1. The fourth-order valence-electron chi connectivity index (χ4n) is 3.39. The van der Waals surface area contributed by atoms with E-state index in [1.165, 1.54) is 19.3 Å². The monoisotopic (exact) mass is 256 g/mol. The van der Waals surface area contributed by atoms with Gasteiger partial charge in [-0.25, -0.2) is 0 Å². The van der Waals surface area contributed by atoms with E-state index in [4.69, 9.17) is 9.47 Å². The van der Waals surface area contributed by atoms with Crippen LogP contribution < -0.4 is 0 Å². The first kappa shape index (κ1) is 14.3. The van der Waals surface area contributed by atoms with Crippen LogP contribution in [-0.2, 0) is 9.47 Å². The first-order valence-electron chi connectivity index (χ1n) is 7.52. The summed E-state index contributed by atoms with van der Waals surface area (Å²) in [5, 5.41) is 10.1. The van der Waals surface area contributed by atoms with Crippen molar-refractivity contribution >= 4 is 0 Å². The highest BCUT2D eigenvalue weighted by Gasteiger charge is 2.55. The molecule has 0 radical (unpaired) electrons. The van der Waals surface area contributed by atoms with Crippen molar-refractivity contribution in [2.45, 2.75) is 64.6 Å². The Hall–Kier alpha value is -0.120. The van der Waals surface area contributed by atoms with Crippen LogP contribution in [0.1, 0.15) is 52.4 Å². The van der Waals surface area contributed by atoms with Crippen molar-refractivity contribution in [1.29, 1.82) is 0 Å². The van der Waals surface area contributed by atoms with E-state index in [2.05, 4.69) is 13.8 Å². The molecule has 18 heavy (non-hydrogen) atoms. The number of hydrogen-bond acceptors (Lipinski definition) is 3. The summed E-state index contributed by atoms with van der Waals surface area (Å²) in [4.78, 5) is 0. The zero-order valence-corrected chi connectivity index (χ0v) is 11.9. The molecule has 0 saturated heterocycles. The molecule has 2 aliphatic carbocycles. The number of aliphatic hydroxyl groups excluding tert-OH is 1. The van der Waals surface area contributed by atoms with Gasteiger partial charge in [0.05, 0.1) is 25.4 Å². The first-order chi connectivity index (χ1) is 8.65. The summed E-state index contributed by atoms with van der Waals surface area (Å²) in [6.45, 7) is 6.47. The normalized spacial score (nSPS) is 30.7. The van der Waals surface area contributed by atoms with Crippen LogP contribution in [0.15, 0.2) is 0 Å². The fourth-order valence-corrected chi connectivity index (χ4v) is 3.39. The third kappa shape index (κ3) is 3.06. The minimum Gasteiger partial charge on any atom is -0.392 e. The van der Waals surface area contributed by atoms with E-state index in [1.807, 2.05) is 0 Å². The molecular weight excluding hydrogens is 228 g/mol. The topological polar surface area (TPSA) is 38.7 Å². The van der Waals surface area contributed by atoms with Gasteiger partial charge in [-0.15, -0.1) is 0 Å². The standard InChI is InChI=1S/C15H28O3/c1-12(2)11-17-8-9-18-14-10-13(16)15(14)6-4-3-5-7-15/h12-14,16H,3-11H2,1-2H3. The molecule has 3 nitrogen and oxygen atoms in total. The molecular formula is C15H28O3. The zero-order chi connectivity index (χ0) is 13.0. The van der Waals surface area contributed by atoms with Gasteiger partial charge in [-0.3, -0.25) is 0 Å². The maximum absolute atomic E-state index is 10.1. The van der Waals surface area contributed by atoms with Crippen molar-refractivity contribution in [3.8, 4) is 0 Å². The van der Waals surface area contributed by atoms with Crippen molar-refractivity contribution in [2.24, 2.45) is 11.3 Å². The van der Waals surface area contributed by atoms with E-state index in [9.17, 15) is 5.11 Å². The summed E-state index contributed by atoms with van der Waals surface area (Å²) in [7, 11) is 0.